The number of aromatic nitrogens is 4. The van der Waals surface area contributed by atoms with Gasteiger partial charge >= 0.3 is 0 Å². The van der Waals surface area contributed by atoms with E-state index in [1.165, 1.54) is 18.5 Å². The quantitative estimate of drug-likeness (QED) is 0.451. The zero-order chi connectivity index (χ0) is 20.2. The zero-order valence-electron chi connectivity index (χ0n) is 16.5. The van der Waals surface area contributed by atoms with Gasteiger partial charge in [-0.15, -0.1) is 11.3 Å². The fourth-order valence-corrected chi connectivity index (χ4v) is 5.42. The maximum Gasteiger partial charge on any atom is 0.228 e. The minimum atomic E-state index is 0.214. The van der Waals surface area contributed by atoms with Crippen LogP contribution in [0.15, 0.2) is 24.3 Å². The molecule has 154 valence electrons. The summed E-state index contributed by atoms with van der Waals surface area (Å²) in [5.41, 5.74) is 2.13. The van der Waals surface area contributed by atoms with Gasteiger partial charge in [-0.3, -0.25) is 5.10 Å². The Morgan fingerprint density at radius 2 is 2.13 bits per heavy atom. The van der Waals surface area contributed by atoms with Crippen molar-refractivity contribution in [2.24, 2.45) is 0 Å². The van der Waals surface area contributed by atoms with E-state index in [9.17, 15) is 0 Å². The van der Waals surface area contributed by atoms with Gasteiger partial charge in [-0.1, -0.05) is 11.6 Å². The molecule has 1 saturated heterocycles. The minimum Gasteiger partial charge on any atom is -0.380 e. The predicted molar refractivity (Wildman–Crippen MR) is 121 cm³/mol. The number of methoxy groups -OCH3 is 1. The Balaban J connectivity index is 1.46. The highest BCUT2D eigenvalue weighted by Crippen LogP contribution is 2.41. The number of nitrogens with zero attached hydrogens (tertiary/aromatic N) is 4. The molecular formula is C21H21ClN6OS. The van der Waals surface area contributed by atoms with Crippen LogP contribution in [0, 0.1) is 0 Å². The number of H-pyrrole nitrogens is 1. The van der Waals surface area contributed by atoms with Crippen molar-refractivity contribution < 1.29 is 4.74 Å². The van der Waals surface area contributed by atoms with Crippen LogP contribution in [0.25, 0.3) is 20.3 Å². The maximum absolute atomic E-state index is 6.24. The highest BCUT2D eigenvalue weighted by atomic mass is 35.5. The van der Waals surface area contributed by atoms with Gasteiger partial charge in [-0.2, -0.15) is 10.1 Å². The van der Waals surface area contributed by atoms with Crippen molar-refractivity contribution in [3.63, 3.8) is 0 Å². The summed E-state index contributed by atoms with van der Waals surface area (Å²) in [4.78, 5) is 12.0. The molecular weight excluding hydrogens is 420 g/mol. The van der Waals surface area contributed by atoms with Gasteiger partial charge in [0.05, 0.1) is 16.3 Å². The SMILES string of the molecule is CO[C@H]1CCN(c2nc(Nc3cc(C4CC4)[nH]n3)c3sc4cc(Cl)ccc4c3n2)C1. The molecule has 1 aromatic carbocycles. The van der Waals surface area contributed by atoms with Crippen LogP contribution < -0.4 is 10.2 Å². The van der Waals surface area contributed by atoms with Crippen LogP contribution in [-0.2, 0) is 4.74 Å². The highest BCUT2D eigenvalue weighted by Gasteiger charge is 2.27. The summed E-state index contributed by atoms with van der Waals surface area (Å²) in [6.07, 6.45) is 3.66. The molecule has 3 aromatic heterocycles. The minimum absolute atomic E-state index is 0.214. The van der Waals surface area contributed by atoms with Crippen LogP contribution >= 0.6 is 22.9 Å². The van der Waals surface area contributed by atoms with E-state index in [1.807, 2.05) is 18.2 Å². The summed E-state index contributed by atoms with van der Waals surface area (Å²) in [5.74, 6) is 2.91. The monoisotopic (exact) mass is 440 g/mol. The van der Waals surface area contributed by atoms with Gasteiger partial charge in [-0.25, -0.2) is 4.98 Å². The summed E-state index contributed by atoms with van der Waals surface area (Å²) >= 11 is 7.89. The van der Waals surface area contributed by atoms with Gasteiger partial charge in [0.1, 0.15) is 0 Å². The third kappa shape index (κ3) is 3.19. The Kier molecular flexibility index (Phi) is 4.33. The molecule has 2 fully saturated rings. The lowest BCUT2D eigenvalue weighted by Crippen LogP contribution is -2.24. The first-order valence-corrected chi connectivity index (χ1v) is 11.4. The van der Waals surface area contributed by atoms with Gasteiger partial charge in [0, 0.05) is 53.0 Å². The lowest BCUT2D eigenvalue weighted by molar-refractivity contribution is 0.121. The van der Waals surface area contributed by atoms with Crippen molar-refractivity contribution in [2.75, 3.05) is 30.4 Å². The Morgan fingerprint density at radius 3 is 2.93 bits per heavy atom. The first-order chi connectivity index (χ1) is 14.7. The number of benzene rings is 1. The van der Waals surface area contributed by atoms with Crippen LogP contribution in [0.1, 0.15) is 30.9 Å². The van der Waals surface area contributed by atoms with E-state index < -0.39 is 0 Å². The van der Waals surface area contributed by atoms with E-state index in [2.05, 4.69) is 26.5 Å². The van der Waals surface area contributed by atoms with Gasteiger partial charge in [0.2, 0.25) is 5.95 Å². The largest absolute Gasteiger partial charge is 0.380 e. The molecule has 1 aliphatic heterocycles. The molecule has 0 spiro atoms. The molecule has 4 heterocycles. The Labute approximate surface area is 182 Å². The van der Waals surface area contributed by atoms with E-state index in [0.29, 0.717) is 5.92 Å². The third-order valence-electron chi connectivity index (χ3n) is 5.89. The molecule has 1 saturated carbocycles. The second kappa shape index (κ2) is 7.08. The second-order valence-corrected chi connectivity index (χ2v) is 9.48. The van der Waals surface area contributed by atoms with Gasteiger partial charge < -0.3 is 15.0 Å². The molecule has 9 heteroatoms. The number of nitrogens with one attached hydrogen (secondary N) is 2. The average molecular weight is 441 g/mol. The summed E-state index contributed by atoms with van der Waals surface area (Å²) in [6.45, 7) is 1.68. The van der Waals surface area contributed by atoms with Crippen molar-refractivity contribution >= 4 is 60.8 Å². The molecule has 7 nitrogen and oxygen atoms in total. The number of ether oxygens (including phenoxy) is 1. The number of halogens is 1. The van der Waals surface area contributed by atoms with Crippen LogP contribution in [0.3, 0.4) is 0 Å². The fourth-order valence-electron chi connectivity index (χ4n) is 4.06. The molecule has 0 bridgehead atoms. The van der Waals surface area contributed by atoms with Crippen molar-refractivity contribution in [3.05, 3.63) is 35.0 Å². The van der Waals surface area contributed by atoms with Crippen molar-refractivity contribution in [1.29, 1.82) is 0 Å². The standard InChI is InChI=1S/C21H21ClN6OS/c1-29-13-6-7-28(10-13)21-24-18-14-5-4-12(22)8-16(14)30-19(18)20(25-21)23-17-9-15(26-27-17)11-2-3-11/h4-5,8-9,11,13H,2-3,6-7,10H2,1H3,(H2,23,24,25,26,27)/t13-/m0/s1. The molecule has 0 unspecified atom stereocenters. The number of hydrogen-bond donors (Lipinski definition) is 2. The smallest absolute Gasteiger partial charge is 0.228 e. The van der Waals surface area contributed by atoms with Gasteiger partial charge in [0.15, 0.2) is 11.6 Å². The van der Waals surface area contributed by atoms with E-state index in [4.69, 9.17) is 26.3 Å². The first kappa shape index (κ1) is 18.4. The number of thiophene rings is 1. The van der Waals surface area contributed by atoms with E-state index in [0.717, 1.165) is 62.4 Å². The van der Waals surface area contributed by atoms with Crippen LogP contribution in [0.5, 0.6) is 0 Å². The van der Waals surface area contributed by atoms with E-state index >= 15 is 0 Å². The van der Waals surface area contributed by atoms with Gasteiger partial charge in [-0.05, 0) is 37.5 Å². The van der Waals surface area contributed by atoms with Crippen molar-refractivity contribution in [3.8, 4) is 0 Å². The lowest BCUT2D eigenvalue weighted by Gasteiger charge is -2.17. The Bertz CT molecular complexity index is 1250. The molecule has 6 rings (SSSR count). The number of rotatable bonds is 5. The molecule has 30 heavy (non-hydrogen) atoms. The topological polar surface area (TPSA) is 79.0 Å². The summed E-state index contributed by atoms with van der Waals surface area (Å²) < 4.78 is 7.65. The maximum atomic E-state index is 6.24. The highest BCUT2D eigenvalue weighted by molar-refractivity contribution is 7.26. The second-order valence-electron chi connectivity index (χ2n) is 7.99. The lowest BCUT2D eigenvalue weighted by atomic mass is 10.2. The van der Waals surface area contributed by atoms with Gasteiger partial charge in [0.25, 0.3) is 0 Å². The Hall–Kier alpha value is -2.42. The molecule has 4 aromatic rings. The van der Waals surface area contributed by atoms with Crippen molar-refractivity contribution in [2.45, 2.75) is 31.3 Å². The molecule has 1 aliphatic carbocycles. The number of anilines is 3. The van der Waals surface area contributed by atoms with Crippen LogP contribution in [-0.4, -0.2) is 46.5 Å². The molecule has 0 radical (unpaired) electrons. The van der Waals surface area contributed by atoms with Crippen LogP contribution in [0.2, 0.25) is 5.02 Å². The van der Waals surface area contributed by atoms with E-state index in [-0.39, 0.29) is 6.10 Å². The van der Waals surface area contributed by atoms with Crippen LogP contribution in [0.4, 0.5) is 17.6 Å². The summed E-state index contributed by atoms with van der Waals surface area (Å²) in [7, 11) is 1.76. The normalized spacial score (nSPS) is 19.3. The first-order valence-electron chi connectivity index (χ1n) is 10.2. The molecule has 1 atom stereocenters. The summed E-state index contributed by atoms with van der Waals surface area (Å²) in [5, 5.41) is 12.9. The predicted octanol–water partition coefficient (Wildman–Crippen LogP) is 5.07. The zero-order valence-corrected chi connectivity index (χ0v) is 18.1. The molecule has 2 N–H and O–H groups in total. The molecule has 2 aliphatic rings. The van der Waals surface area contributed by atoms with E-state index in [1.54, 1.807) is 18.4 Å². The number of fused-ring (bicyclic) bond motifs is 3. The summed E-state index contributed by atoms with van der Waals surface area (Å²) in [6, 6.07) is 8.03. The average Bonchev–Trinajstić information content (AvgIpc) is 3.15. The fraction of sp³-hybridized carbons (Fsp3) is 0.381. The molecule has 0 amide bonds. The number of aromatic amines is 1. The third-order valence-corrected chi connectivity index (χ3v) is 7.27. The Morgan fingerprint density at radius 1 is 1.23 bits per heavy atom. The number of hydrogen-bond acceptors (Lipinski definition) is 7. The van der Waals surface area contributed by atoms with Crippen molar-refractivity contribution in [1.82, 2.24) is 20.2 Å².